The highest BCUT2D eigenvalue weighted by Crippen LogP contribution is 2.46. The summed E-state index contributed by atoms with van der Waals surface area (Å²) in [7, 11) is 0. The number of thiophene rings is 1. The van der Waals surface area contributed by atoms with Gasteiger partial charge in [-0.05, 0) is 49.7 Å². The van der Waals surface area contributed by atoms with Crippen LogP contribution in [0.3, 0.4) is 0 Å². The van der Waals surface area contributed by atoms with E-state index < -0.39 is 11.9 Å². The Labute approximate surface area is 249 Å². The minimum Gasteiger partial charge on any atom is -0.490 e. The Balaban J connectivity index is 1.50. The predicted octanol–water partition coefficient (Wildman–Crippen LogP) is 8.10. The molecule has 11 heteroatoms. The number of benzene rings is 3. The van der Waals surface area contributed by atoms with Crippen LogP contribution in [-0.4, -0.2) is 19.2 Å². The molecular formula is C29H21Cl3N2O5S. The summed E-state index contributed by atoms with van der Waals surface area (Å²) in [6.45, 7) is 4.68. The van der Waals surface area contributed by atoms with Crippen molar-refractivity contribution >= 4 is 62.2 Å². The fourth-order valence-electron chi connectivity index (χ4n) is 4.49. The number of carbonyl (C=O) groups excluding carboxylic acids is 1. The molecule has 1 unspecified atom stereocenters. The second-order valence-electron chi connectivity index (χ2n) is 8.59. The molecule has 5 rings (SSSR count). The van der Waals surface area contributed by atoms with Crippen molar-refractivity contribution in [2.75, 3.05) is 13.2 Å². The Morgan fingerprint density at radius 1 is 1.05 bits per heavy atom. The first-order valence-electron chi connectivity index (χ1n) is 12.2. The Morgan fingerprint density at radius 2 is 1.80 bits per heavy atom. The Bertz CT molecular complexity index is 1730. The van der Waals surface area contributed by atoms with Crippen LogP contribution in [-0.2, 0) is 0 Å². The second kappa shape index (κ2) is 11.5. The molecule has 0 amide bonds. The number of halogens is 3. The number of nitriles is 1. The third-order valence-electron chi connectivity index (χ3n) is 6.14. The molecule has 0 aliphatic carbocycles. The van der Waals surface area contributed by atoms with Crippen molar-refractivity contribution in [2.45, 2.75) is 19.8 Å². The van der Waals surface area contributed by atoms with Gasteiger partial charge in [0.2, 0.25) is 5.88 Å². The van der Waals surface area contributed by atoms with E-state index in [-0.39, 0.29) is 27.1 Å². The molecule has 204 valence electrons. The summed E-state index contributed by atoms with van der Waals surface area (Å²) in [5.74, 6) is 0.442. The van der Waals surface area contributed by atoms with Crippen LogP contribution in [0.25, 0.3) is 10.1 Å². The maximum absolute atomic E-state index is 13.1. The maximum Gasteiger partial charge on any atom is 0.355 e. The monoisotopic (exact) mass is 614 g/mol. The van der Waals surface area contributed by atoms with Crippen molar-refractivity contribution in [2.24, 2.45) is 5.73 Å². The molecule has 1 aliphatic heterocycles. The summed E-state index contributed by atoms with van der Waals surface area (Å²) in [5.41, 5.74) is 7.84. The molecule has 1 aromatic heterocycles. The van der Waals surface area contributed by atoms with E-state index in [1.165, 1.54) is 0 Å². The second-order valence-corrected chi connectivity index (χ2v) is 10.9. The molecule has 0 radical (unpaired) electrons. The average molecular weight is 616 g/mol. The van der Waals surface area contributed by atoms with E-state index in [2.05, 4.69) is 6.07 Å². The van der Waals surface area contributed by atoms with Crippen molar-refractivity contribution < 1.29 is 23.7 Å². The largest absolute Gasteiger partial charge is 0.490 e. The summed E-state index contributed by atoms with van der Waals surface area (Å²) >= 11 is 20.0. The van der Waals surface area contributed by atoms with E-state index in [1.807, 2.05) is 26.0 Å². The average Bonchev–Trinajstić information content (AvgIpc) is 3.25. The summed E-state index contributed by atoms with van der Waals surface area (Å²) in [6, 6.07) is 15.8. The molecule has 2 heterocycles. The van der Waals surface area contributed by atoms with Crippen LogP contribution in [0.1, 0.15) is 40.6 Å². The van der Waals surface area contributed by atoms with Gasteiger partial charge < -0.3 is 24.7 Å². The highest BCUT2D eigenvalue weighted by atomic mass is 35.5. The van der Waals surface area contributed by atoms with Gasteiger partial charge in [0.25, 0.3) is 0 Å². The number of nitrogens with two attached hydrogens (primary N) is 1. The van der Waals surface area contributed by atoms with Crippen LogP contribution in [0.5, 0.6) is 23.0 Å². The lowest BCUT2D eigenvalue weighted by molar-refractivity contribution is 0.0740. The number of esters is 1. The Hall–Kier alpha value is -3.61. The molecule has 40 heavy (non-hydrogen) atoms. The Morgan fingerprint density at radius 3 is 2.52 bits per heavy atom. The smallest absolute Gasteiger partial charge is 0.355 e. The van der Waals surface area contributed by atoms with Gasteiger partial charge in [-0.3, -0.25) is 0 Å². The van der Waals surface area contributed by atoms with Gasteiger partial charge in [0, 0.05) is 26.7 Å². The minimum atomic E-state index is -0.667. The lowest BCUT2D eigenvalue weighted by Crippen LogP contribution is -2.21. The summed E-state index contributed by atoms with van der Waals surface area (Å²) in [5, 5.41) is 11.4. The number of fused-ring (bicyclic) bond motifs is 2. The number of hydrogen-bond acceptors (Lipinski definition) is 8. The van der Waals surface area contributed by atoms with Crippen molar-refractivity contribution in [1.82, 2.24) is 0 Å². The van der Waals surface area contributed by atoms with E-state index in [0.29, 0.717) is 56.2 Å². The standard InChI is InChI=1S/C29H21Cl3N2O5S/c1-3-36-20-8-5-14(9-22(20)37-4-2)24-17-7-6-16(12-21(17)39-28(34)18(24)13-33)38-29(35)27-26(32)25-19(31)10-15(30)11-23(25)40-27/h5-12,24H,3-4,34H2,1-2H3. The number of nitrogens with zero attached hydrogens (tertiary/aromatic N) is 1. The van der Waals surface area contributed by atoms with Gasteiger partial charge in [0.05, 0.1) is 29.2 Å². The summed E-state index contributed by atoms with van der Waals surface area (Å²) in [6.07, 6.45) is 0. The fraction of sp³-hybridized carbons (Fsp3) is 0.172. The highest BCUT2D eigenvalue weighted by molar-refractivity contribution is 7.21. The van der Waals surface area contributed by atoms with Crippen molar-refractivity contribution in [3.63, 3.8) is 0 Å². The number of hydrogen-bond donors (Lipinski definition) is 1. The molecule has 1 atom stereocenters. The molecule has 0 bridgehead atoms. The fourth-order valence-corrected chi connectivity index (χ4v) is 6.73. The quantitative estimate of drug-likeness (QED) is 0.165. The lowest BCUT2D eigenvalue weighted by Gasteiger charge is -2.27. The molecule has 0 saturated carbocycles. The number of rotatable bonds is 7. The SMILES string of the molecule is CCOc1ccc(C2C(C#N)=C(N)Oc3cc(OC(=O)c4sc5cc(Cl)cc(Cl)c5c4Cl)ccc32)cc1OCC. The molecule has 4 aromatic rings. The zero-order valence-corrected chi connectivity index (χ0v) is 24.3. The van der Waals surface area contributed by atoms with Crippen LogP contribution in [0, 0.1) is 11.3 Å². The van der Waals surface area contributed by atoms with E-state index >= 15 is 0 Å². The number of allylic oxidation sites excluding steroid dienone is 1. The van der Waals surface area contributed by atoms with Gasteiger partial charge in [-0.2, -0.15) is 5.26 Å². The van der Waals surface area contributed by atoms with Gasteiger partial charge in [0.1, 0.15) is 28.0 Å². The third-order valence-corrected chi connectivity index (χ3v) is 8.26. The van der Waals surface area contributed by atoms with E-state index in [1.54, 1.807) is 36.4 Å². The van der Waals surface area contributed by atoms with Gasteiger partial charge in [-0.15, -0.1) is 11.3 Å². The van der Waals surface area contributed by atoms with Gasteiger partial charge >= 0.3 is 5.97 Å². The first kappa shape index (κ1) is 27.9. The zero-order chi connectivity index (χ0) is 28.6. The van der Waals surface area contributed by atoms with Crippen molar-refractivity contribution in [3.05, 3.63) is 91.1 Å². The number of ether oxygens (including phenoxy) is 4. The highest BCUT2D eigenvalue weighted by Gasteiger charge is 2.32. The van der Waals surface area contributed by atoms with Crippen LogP contribution < -0.4 is 24.7 Å². The van der Waals surface area contributed by atoms with Crippen LogP contribution >= 0.6 is 46.1 Å². The lowest BCUT2D eigenvalue weighted by atomic mass is 9.83. The third kappa shape index (κ3) is 5.14. The topological polar surface area (TPSA) is 104 Å². The van der Waals surface area contributed by atoms with Gasteiger partial charge in [-0.25, -0.2) is 4.79 Å². The van der Waals surface area contributed by atoms with Gasteiger partial charge in [0.15, 0.2) is 11.5 Å². The molecule has 7 nitrogen and oxygen atoms in total. The first-order valence-corrected chi connectivity index (χ1v) is 14.1. The van der Waals surface area contributed by atoms with Crippen LogP contribution in [0.2, 0.25) is 15.1 Å². The van der Waals surface area contributed by atoms with E-state index in [4.69, 9.17) is 59.5 Å². The normalized spacial score (nSPS) is 14.3. The first-order chi connectivity index (χ1) is 19.2. The van der Waals surface area contributed by atoms with Crippen molar-refractivity contribution in [3.8, 4) is 29.1 Å². The molecule has 3 aromatic carbocycles. The molecule has 0 fully saturated rings. The van der Waals surface area contributed by atoms with Crippen LogP contribution in [0.4, 0.5) is 0 Å². The zero-order valence-electron chi connectivity index (χ0n) is 21.2. The van der Waals surface area contributed by atoms with Crippen molar-refractivity contribution in [1.29, 1.82) is 5.26 Å². The summed E-state index contributed by atoms with van der Waals surface area (Å²) in [4.78, 5) is 13.3. The molecule has 2 N–H and O–H groups in total. The maximum atomic E-state index is 13.1. The molecule has 0 spiro atoms. The molecular weight excluding hydrogens is 595 g/mol. The van der Waals surface area contributed by atoms with Crippen LogP contribution in [0.15, 0.2) is 60.0 Å². The predicted molar refractivity (Wildman–Crippen MR) is 156 cm³/mol. The molecule has 1 aliphatic rings. The molecule has 0 saturated heterocycles. The van der Waals surface area contributed by atoms with E-state index in [9.17, 15) is 10.1 Å². The summed E-state index contributed by atoms with van der Waals surface area (Å²) < 4.78 is 23.6. The number of carbonyl (C=O) groups is 1. The van der Waals surface area contributed by atoms with Gasteiger partial charge in [-0.1, -0.05) is 46.9 Å². The minimum absolute atomic E-state index is 0.0469. The van der Waals surface area contributed by atoms with E-state index in [0.717, 1.165) is 16.9 Å². The Kier molecular flexibility index (Phi) is 8.02.